The van der Waals surface area contributed by atoms with E-state index in [4.69, 9.17) is 16.2 Å². The highest BCUT2D eigenvalue weighted by atomic mass is 16.5. The van der Waals surface area contributed by atoms with Crippen molar-refractivity contribution in [1.29, 1.82) is 0 Å². The minimum Gasteiger partial charge on any atom is -0.489 e. The lowest BCUT2D eigenvalue weighted by molar-refractivity contribution is 0.244. The number of piperidine rings is 1. The third kappa shape index (κ3) is 3.32. The second-order valence-electron chi connectivity index (χ2n) is 5.44. The number of benzene rings is 1. The third-order valence-electron chi connectivity index (χ3n) is 3.49. The van der Waals surface area contributed by atoms with E-state index in [9.17, 15) is 0 Å². The van der Waals surface area contributed by atoms with Crippen LogP contribution in [-0.4, -0.2) is 19.2 Å². The van der Waals surface area contributed by atoms with Crippen molar-refractivity contribution < 1.29 is 4.74 Å². The maximum Gasteiger partial charge on any atom is 0.144 e. The largest absolute Gasteiger partial charge is 0.489 e. The first-order valence-corrected chi connectivity index (χ1v) is 7.16. The maximum absolute atomic E-state index is 6.04. The Balaban J connectivity index is 2.33. The monoisotopic (exact) mass is 263 g/mol. The Hall–Kier alpha value is -1.42. The number of anilines is 2. The minimum absolute atomic E-state index is 0.125. The van der Waals surface area contributed by atoms with E-state index in [1.807, 2.05) is 19.9 Å². The normalized spacial score (nSPS) is 15.9. The maximum atomic E-state index is 6.04. The zero-order valence-electron chi connectivity index (χ0n) is 12.0. The number of nitrogen functional groups attached to an aromatic ring is 1. The van der Waals surface area contributed by atoms with Crippen LogP contribution in [0.25, 0.3) is 0 Å². The van der Waals surface area contributed by atoms with Crippen LogP contribution in [0.4, 0.5) is 11.4 Å². The fourth-order valence-electron chi connectivity index (χ4n) is 2.58. The molecule has 4 heteroatoms. The van der Waals surface area contributed by atoms with Gasteiger partial charge in [-0.2, -0.15) is 0 Å². The molecule has 0 amide bonds. The molecule has 19 heavy (non-hydrogen) atoms. The standard InChI is InChI=1S/C15H25N3O/c1-11(2)19-15-9-14(12(10-16)8-13(15)17)18-6-4-3-5-7-18/h8-9,11H,3-7,10,16-17H2,1-2H3. The van der Waals surface area contributed by atoms with Crippen molar-refractivity contribution >= 4 is 11.4 Å². The molecule has 106 valence electrons. The molecule has 1 heterocycles. The molecule has 4 N–H and O–H groups in total. The van der Waals surface area contributed by atoms with Gasteiger partial charge >= 0.3 is 0 Å². The first kappa shape index (κ1) is 14.0. The van der Waals surface area contributed by atoms with Gasteiger partial charge in [-0.1, -0.05) is 0 Å². The Bertz CT molecular complexity index is 426. The zero-order chi connectivity index (χ0) is 13.8. The predicted molar refractivity (Wildman–Crippen MR) is 80.6 cm³/mol. The van der Waals surface area contributed by atoms with Crippen LogP contribution < -0.4 is 21.1 Å². The topological polar surface area (TPSA) is 64.5 Å². The van der Waals surface area contributed by atoms with E-state index in [0.29, 0.717) is 12.2 Å². The average molecular weight is 263 g/mol. The number of hydrogen-bond donors (Lipinski definition) is 2. The van der Waals surface area contributed by atoms with Crippen LogP contribution in [0.15, 0.2) is 12.1 Å². The van der Waals surface area contributed by atoms with Gasteiger partial charge in [0.25, 0.3) is 0 Å². The number of hydrogen-bond acceptors (Lipinski definition) is 4. The van der Waals surface area contributed by atoms with Gasteiger partial charge in [-0.05, 0) is 44.7 Å². The lowest BCUT2D eigenvalue weighted by Crippen LogP contribution is -2.30. The van der Waals surface area contributed by atoms with E-state index in [1.165, 1.54) is 24.9 Å². The van der Waals surface area contributed by atoms with E-state index in [0.717, 1.165) is 24.4 Å². The Morgan fingerprint density at radius 2 is 1.89 bits per heavy atom. The summed E-state index contributed by atoms with van der Waals surface area (Å²) in [6, 6.07) is 4.02. The molecule has 0 radical (unpaired) electrons. The molecule has 1 aromatic rings. The summed E-state index contributed by atoms with van der Waals surface area (Å²) in [6.07, 6.45) is 3.93. The third-order valence-corrected chi connectivity index (χ3v) is 3.49. The average Bonchev–Trinajstić information content (AvgIpc) is 2.41. The van der Waals surface area contributed by atoms with Crippen LogP contribution in [0, 0.1) is 0 Å². The summed E-state index contributed by atoms with van der Waals surface area (Å²) in [6.45, 7) is 6.72. The zero-order valence-corrected chi connectivity index (χ0v) is 12.0. The van der Waals surface area contributed by atoms with Gasteiger partial charge in [0, 0.05) is 31.4 Å². The number of ether oxygens (including phenoxy) is 1. The van der Waals surface area contributed by atoms with Crippen LogP contribution in [0.3, 0.4) is 0 Å². The summed E-state index contributed by atoms with van der Waals surface area (Å²) in [7, 11) is 0. The summed E-state index contributed by atoms with van der Waals surface area (Å²) in [5.41, 5.74) is 14.9. The van der Waals surface area contributed by atoms with Gasteiger partial charge < -0.3 is 21.1 Å². The van der Waals surface area contributed by atoms with Crippen LogP contribution in [0.2, 0.25) is 0 Å². The minimum atomic E-state index is 0.125. The Morgan fingerprint density at radius 3 is 2.47 bits per heavy atom. The molecule has 0 saturated carbocycles. The molecule has 4 nitrogen and oxygen atoms in total. The number of nitrogens with two attached hydrogens (primary N) is 2. The summed E-state index contributed by atoms with van der Waals surface area (Å²) in [5.74, 6) is 0.771. The van der Waals surface area contributed by atoms with Gasteiger partial charge in [0.05, 0.1) is 11.8 Å². The molecule has 1 aliphatic heterocycles. The molecule has 1 saturated heterocycles. The van der Waals surface area contributed by atoms with E-state index in [-0.39, 0.29) is 6.10 Å². The molecular formula is C15H25N3O. The molecule has 1 aliphatic rings. The molecule has 0 aromatic heterocycles. The Labute approximate surface area is 115 Å². The molecular weight excluding hydrogens is 238 g/mol. The predicted octanol–water partition coefficient (Wildman–Crippen LogP) is 2.50. The highest BCUT2D eigenvalue weighted by Gasteiger charge is 2.17. The van der Waals surface area contributed by atoms with Crippen LogP contribution in [0.1, 0.15) is 38.7 Å². The van der Waals surface area contributed by atoms with E-state index < -0.39 is 0 Å². The molecule has 0 aliphatic carbocycles. The smallest absolute Gasteiger partial charge is 0.144 e. The van der Waals surface area contributed by atoms with Crippen LogP contribution in [0.5, 0.6) is 5.75 Å². The molecule has 2 rings (SSSR count). The molecule has 1 fully saturated rings. The van der Waals surface area contributed by atoms with Gasteiger partial charge in [0.1, 0.15) is 5.75 Å². The van der Waals surface area contributed by atoms with Gasteiger partial charge in [-0.25, -0.2) is 0 Å². The van der Waals surface area contributed by atoms with Crippen LogP contribution in [-0.2, 0) is 6.54 Å². The quantitative estimate of drug-likeness (QED) is 0.819. The first-order valence-electron chi connectivity index (χ1n) is 7.16. The highest BCUT2D eigenvalue weighted by molar-refractivity contribution is 5.67. The van der Waals surface area contributed by atoms with Crippen LogP contribution >= 0.6 is 0 Å². The Morgan fingerprint density at radius 1 is 1.21 bits per heavy atom. The summed E-state index contributed by atoms with van der Waals surface area (Å²) in [5, 5.41) is 0. The fourth-order valence-corrected chi connectivity index (χ4v) is 2.58. The van der Waals surface area contributed by atoms with Crippen molar-refractivity contribution in [3.8, 4) is 5.75 Å². The second kappa shape index (κ2) is 6.15. The molecule has 0 unspecified atom stereocenters. The van der Waals surface area contributed by atoms with Gasteiger partial charge in [-0.15, -0.1) is 0 Å². The highest BCUT2D eigenvalue weighted by Crippen LogP contribution is 2.33. The SMILES string of the molecule is CC(C)Oc1cc(N2CCCCC2)c(CN)cc1N. The Kier molecular flexibility index (Phi) is 4.53. The number of rotatable bonds is 4. The van der Waals surface area contributed by atoms with E-state index in [2.05, 4.69) is 11.0 Å². The molecule has 0 spiro atoms. The van der Waals surface area contributed by atoms with Crippen molar-refractivity contribution in [3.05, 3.63) is 17.7 Å². The van der Waals surface area contributed by atoms with Gasteiger partial charge in [0.2, 0.25) is 0 Å². The van der Waals surface area contributed by atoms with Crippen molar-refractivity contribution in [2.24, 2.45) is 5.73 Å². The molecule has 0 bridgehead atoms. The first-order chi connectivity index (χ1) is 9.11. The second-order valence-corrected chi connectivity index (χ2v) is 5.44. The fraction of sp³-hybridized carbons (Fsp3) is 0.600. The van der Waals surface area contributed by atoms with Crippen molar-refractivity contribution in [2.45, 2.75) is 45.8 Å². The lowest BCUT2D eigenvalue weighted by atomic mass is 10.1. The summed E-state index contributed by atoms with van der Waals surface area (Å²) >= 11 is 0. The van der Waals surface area contributed by atoms with Crippen molar-refractivity contribution in [1.82, 2.24) is 0 Å². The summed E-state index contributed by atoms with van der Waals surface area (Å²) < 4.78 is 5.78. The van der Waals surface area contributed by atoms with Gasteiger partial charge in [-0.3, -0.25) is 0 Å². The number of nitrogens with zero attached hydrogens (tertiary/aromatic N) is 1. The van der Waals surface area contributed by atoms with E-state index in [1.54, 1.807) is 0 Å². The lowest BCUT2D eigenvalue weighted by Gasteiger charge is -2.31. The van der Waals surface area contributed by atoms with E-state index >= 15 is 0 Å². The molecule has 0 atom stereocenters. The van der Waals surface area contributed by atoms with Crippen molar-refractivity contribution in [3.63, 3.8) is 0 Å². The van der Waals surface area contributed by atoms with Crippen molar-refractivity contribution in [2.75, 3.05) is 23.7 Å². The summed E-state index contributed by atoms with van der Waals surface area (Å²) in [4.78, 5) is 2.40. The molecule has 1 aromatic carbocycles. The van der Waals surface area contributed by atoms with Gasteiger partial charge in [0.15, 0.2) is 0 Å².